The third kappa shape index (κ3) is 3.25. The zero-order valence-corrected chi connectivity index (χ0v) is 9.74. The van der Waals surface area contributed by atoms with Crippen molar-refractivity contribution < 1.29 is 24.5 Å². The molecule has 0 aromatic carbocycles. The number of rotatable bonds is 5. The number of amides is 1. The fraction of sp³-hybridized carbons (Fsp3) is 0.364. The first-order valence-electron chi connectivity index (χ1n) is 5.27. The van der Waals surface area contributed by atoms with Gasteiger partial charge in [-0.1, -0.05) is 6.07 Å². The van der Waals surface area contributed by atoms with Gasteiger partial charge in [-0.05, 0) is 19.1 Å². The average Bonchev–Trinajstić information content (AvgIpc) is 2.37. The standard InChI is InChI=1S/C11H14N2O5/c1-2-18-11(17)7-5-3-4-6(13-7)8(14)9(15)10(12)16/h3-5,8-9,14-15H,2H2,1H3,(H2,12,16). The van der Waals surface area contributed by atoms with Crippen LogP contribution in [0, 0.1) is 0 Å². The Balaban J connectivity index is 2.94. The lowest BCUT2D eigenvalue weighted by Crippen LogP contribution is -2.34. The van der Waals surface area contributed by atoms with E-state index in [1.807, 2.05) is 0 Å². The van der Waals surface area contributed by atoms with E-state index >= 15 is 0 Å². The lowest BCUT2D eigenvalue weighted by molar-refractivity contribution is -0.132. The van der Waals surface area contributed by atoms with E-state index in [4.69, 9.17) is 10.5 Å². The van der Waals surface area contributed by atoms with Crippen molar-refractivity contribution in [1.29, 1.82) is 0 Å². The minimum absolute atomic E-state index is 0.0231. The van der Waals surface area contributed by atoms with Crippen LogP contribution >= 0.6 is 0 Å². The molecule has 18 heavy (non-hydrogen) atoms. The second kappa shape index (κ2) is 6.08. The molecule has 0 fully saturated rings. The monoisotopic (exact) mass is 254 g/mol. The number of nitrogens with zero attached hydrogens (tertiary/aromatic N) is 1. The third-order valence-corrected chi connectivity index (χ3v) is 2.15. The molecule has 1 rings (SSSR count). The summed E-state index contributed by atoms with van der Waals surface area (Å²) in [5.41, 5.74) is 4.79. The molecule has 98 valence electrons. The lowest BCUT2D eigenvalue weighted by Gasteiger charge is -2.14. The Labute approximate surface area is 103 Å². The molecule has 1 heterocycles. The lowest BCUT2D eigenvalue weighted by atomic mass is 10.1. The summed E-state index contributed by atoms with van der Waals surface area (Å²) in [5, 5.41) is 18.9. The van der Waals surface area contributed by atoms with Crippen LogP contribution in [0.1, 0.15) is 29.2 Å². The van der Waals surface area contributed by atoms with Crippen LogP contribution in [0.4, 0.5) is 0 Å². The van der Waals surface area contributed by atoms with Crippen molar-refractivity contribution in [2.24, 2.45) is 5.73 Å². The van der Waals surface area contributed by atoms with Gasteiger partial charge in [0.1, 0.15) is 11.8 Å². The van der Waals surface area contributed by atoms with Gasteiger partial charge in [-0.3, -0.25) is 4.79 Å². The second-order valence-corrected chi connectivity index (χ2v) is 3.46. The number of nitrogens with two attached hydrogens (primary N) is 1. The summed E-state index contributed by atoms with van der Waals surface area (Å²) >= 11 is 0. The molecule has 0 aliphatic heterocycles. The Morgan fingerprint density at radius 3 is 2.67 bits per heavy atom. The van der Waals surface area contributed by atoms with Gasteiger partial charge >= 0.3 is 5.97 Å². The first kappa shape index (κ1) is 14.1. The molecule has 7 heteroatoms. The van der Waals surface area contributed by atoms with E-state index < -0.39 is 24.1 Å². The predicted molar refractivity (Wildman–Crippen MR) is 60.4 cm³/mol. The minimum Gasteiger partial charge on any atom is -0.461 e. The molecule has 1 amide bonds. The first-order chi connectivity index (χ1) is 8.47. The van der Waals surface area contributed by atoms with Crippen LogP contribution in [0.3, 0.4) is 0 Å². The van der Waals surface area contributed by atoms with E-state index in [1.165, 1.54) is 18.2 Å². The Bertz CT molecular complexity index is 449. The van der Waals surface area contributed by atoms with E-state index in [1.54, 1.807) is 6.92 Å². The van der Waals surface area contributed by atoms with Crippen LogP contribution in [-0.4, -0.2) is 39.8 Å². The van der Waals surface area contributed by atoms with Gasteiger partial charge in [-0.15, -0.1) is 0 Å². The van der Waals surface area contributed by atoms with E-state index in [0.717, 1.165) is 0 Å². The average molecular weight is 254 g/mol. The molecule has 0 bridgehead atoms. The van der Waals surface area contributed by atoms with Crippen LogP contribution in [0.2, 0.25) is 0 Å². The molecule has 0 aliphatic rings. The van der Waals surface area contributed by atoms with Crippen molar-refractivity contribution >= 4 is 11.9 Å². The molecule has 0 aliphatic carbocycles. The number of carbonyl (C=O) groups excluding carboxylic acids is 2. The third-order valence-electron chi connectivity index (χ3n) is 2.15. The second-order valence-electron chi connectivity index (χ2n) is 3.46. The van der Waals surface area contributed by atoms with Gasteiger partial charge in [-0.2, -0.15) is 0 Å². The highest BCUT2D eigenvalue weighted by molar-refractivity contribution is 5.87. The van der Waals surface area contributed by atoms with Crippen LogP contribution in [-0.2, 0) is 9.53 Å². The molecule has 0 saturated heterocycles. The van der Waals surface area contributed by atoms with Gasteiger partial charge < -0.3 is 20.7 Å². The van der Waals surface area contributed by atoms with Gasteiger partial charge in [0.2, 0.25) is 5.91 Å². The van der Waals surface area contributed by atoms with Gasteiger partial charge in [0.05, 0.1) is 12.3 Å². The fourth-order valence-corrected chi connectivity index (χ4v) is 1.25. The van der Waals surface area contributed by atoms with E-state index in [-0.39, 0.29) is 18.0 Å². The summed E-state index contributed by atoms with van der Waals surface area (Å²) in [6.45, 7) is 1.84. The van der Waals surface area contributed by atoms with Crippen LogP contribution in [0.15, 0.2) is 18.2 Å². The largest absolute Gasteiger partial charge is 0.461 e. The summed E-state index contributed by atoms with van der Waals surface area (Å²) in [4.78, 5) is 25.9. The molecular formula is C11H14N2O5. The molecule has 4 N–H and O–H groups in total. The number of aliphatic hydroxyl groups is 2. The van der Waals surface area contributed by atoms with Gasteiger partial charge in [0.25, 0.3) is 0 Å². The number of aromatic nitrogens is 1. The van der Waals surface area contributed by atoms with Gasteiger partial charge in [0, 0.05) is 0 Å². The topological polar surface area (TPSA) is 123 Å². The number of aliphatic hydroxyl groups excluding tert-OH is 2. The molecule has 2 unspecified atom stereocenters. The highest BCUT2D eigenvalue weighted by Crippen LogP contribution is 2.15. The van der Waals surface area contributed by atoms with Crippen molar-refractivity contribution in [3.05, 3.63) is 29.6 Å². The molecule has 1 aromatic rings. The molecule has 0 spiro atoms. The predicted octanol–water partition coefficient (Wildman–Crippen LogP) is -0.862. The Hall–Kier alpha value is -1.99. The summed E-state index contributed by atoms with van der Waals surface area (Å²) in [6.07, 6.45) is -3.37. The van der Waals surface area contributed by atoms with Crippen LogP contribution in [0.25, 0.3) is 0 Å². The Morgan fingerprint density at radius 1 is 1.44 bits per heavy atom. The van der Waals surface area contributed by atoms with Crippen molar-refractivity contribution in [1.82, 2.24) is 4.98 Å². The van der Waals surface area contributed by atoms with E-state index in [0.29, 0.717) is 0 Å². The summed E-state index contributed by atoms with van der Waals surface area (Å²) in [5.74, 6) is -1.73. The first-order valence-corrected chi connectivity index (χ1v) is 5.27. The quantitative estimate of drug-likeness (QED) is 0.587. The maximum absolute atomic E-state index is 11.4. The van der Waals surface area contributed by atoms with Crippen molar-refractivity contribution in [2.45, 2.75) is 19.1 Å². The maximum Gasteiger partial charge on any atom is 0.356 e. The zero-order valence-electron chi connectivity index (χ0n) is 9.74. The van der Waals surface area contributed by atoms with Crippen molar-refractivity contribution in [3.8, 4) is 0 Å². The number of carbonyl (C=O) groups is 2. The molecule has 0 saturated carbocycles. The molecule has 0 radical (unpaired) electrons. The number of pyridine rings is 1. The molecular weight excluding hydrogens is 240 g/mol. The minimum atomic E-state index is -1.78. The zero-order chi connectivity index (χ0) is 13.7. The number of hydrogen-bond acceptors (Lipinski definition) is 6. The Kier molecular flexibility index (Phi) is 4.75. The van der Waals surface area contributed by atoms with Gasteiger partial charge in [0.15, 0.2) is 6.10 Å². The smallest absolute Gasteiger partial charge is 0.356 e. The van der Waals surface area contributed by atoms with E-state index in [2.05, 4.69) is 4.98 Å². The molecule has 1 aromatic heterocycles. The number of esters is 1. The van der Waals surface area contributed by atoms with Crippen molar-refractivity contribution in [2.75, 3.05) is 6.61 Å². The highest BCUT2D eigenvalue weighted by Gasteiger charge is 2.25. The molecule has 7 nitrogen and oxygen atoms in total. The normalized spacial score (nSPS) is 13.7. The summed E-state index contributed by atoms with van der Waals surface area (Å²) in [6, 6.07) is 4.20. The number of ether oxygens (including phenoxy) is 1. The molecule has 2 atom stereocenters. The number of primary amides is 1. The van der Waals surface area contributed by atoms with E-state index in [9.17, 15) is 19.8 Å². The van der Waals surface area contributed by atoms with Crippen LogP contribution < -0.4 is 5.73 Å². The summed E-state index contributed by atoms with van der Waals surface area (Å²) in [7, 11) is 0. The number of hydrogen-bond donors (Lipinski definition) is 3. The maximum atomic E-state index is 11.4. The summed E-state index contributed by atoms with van der Waals surface area (Å²) < 4.78 is 4.73. The van der Waals surface area contributed by atoms with Crippen molar-refractivity contribution in [3.63, 3.8) is 0 Å². The fourth-order valence-electron chi connectivity index (χ4n) is 1.25. The van der Waals surface area contributed by atoms with Crippen LogP contribution in [0.5, 0.6) is 0 Å². The Morgan fingerprint density at radius 2 is 2.11 bits per heavy atom. The van der Waals surface area contributed by atoms with Gasteiger partial charge in [-0.25, -0.2) is 9.78 Å². The SMILES string of the molecule is CCOC(=O)c1cccc(C(O)C(O)C(N)=O)n1. The highest BCUT2D eigenvalue weighted by atomic mass is 16.5.